The number of halogens is 1. The van der Waals surface area contributed by atoms with Crippen molar-refractivity contribution < 1.29 is 13.2 Å². The third-order valence-electron chi connectivity index (χ3n) is 4.23. The van der Waals surface area contributed by atoms with E-state index < -0.39 is 15.6 Å². The van der Waals surface area contributed by atoms with Gasteiger partial charge in [-0.25, -0.2) is 12.7 Å². The lowest BCUT2D eigenvalue weighted by Gasteiger charge is -2.29. The van der Waals surface area contributed by atoms with Crippen LogP contribution in [0, 0.1) is 0 Å². The predicted octanol–water partition coefficient (Wildman–Crippen LogP) is 1.77. The summed E-state index contributed by atoms with van der Waals surface area (Å²) in [4.78, 5) is 14.6. The van der Waals surface area contributed by atoms with Crippen LogP contribution in [0.1, 0.15) is 32.3 Å². The van der Waals surface area contributed by atoms with Gasteiger partial charge in [-0.05, 0) is 37.5 Å². The summed E-state index contributed by atoms with van der Waals surface area (Å²) in [6, 6.07) is 4.96. The van der Waals surface area contributed by atoms with Crippen molar-refractivity contribution in [3.63, 3.8) is 0 Å². The van der Waals surface area contributed by atoms with E-state index in [9.17, 15) is 13.2 Å². The molecule has 2 N–H and O–H groups in total. The van der Waals surface area contributed by atoms with Crippen LogP contribution >= 0.6 is 12.4 Å². The number of rotatable bonds is 5. The Labute approximate surface area is 150 Å². The fraction of sp³-hybridized carbons (Fsp3) is 0.562. The van der Waals surface area contributed by atoms with Crippen LogP contribution in [0.3, 0.4) is 0 Å². The van der Waals surface area contributed by atoms with Gasteiger partial charge < -0.3 is 10.6 Å². The van der Waals surface area contributed by atoms with E-state index in [2.05, 4.69) is 0 Å². The lowest BCUT2D eigenvalue weighted by atomic mass is 9.95. The van der Waals surface area contributed by atoms with E-state index in [1.54, 1.807) is 30.0 Å². The Kier molecular flexibility index (Phi) is 6.43. The molecule has 1 aromatic carbocycles. The summed E-state index contributed by atoms with van der Waals surface area (Å²) in [7, 11) is -0.550. The van der Waals surface area contributed by atoms with E-state index in [1.165, 1.54) is 18.4 Å². The zero-order valence-corrected chi connectivity index (χ0v) is 16.2. The molecule has 1 aliphatic heterocycles. The smallest absolute Gasteiger partial charge is 0.246 e. The first-order valence-corrected chi connectivity index (χ1v) is 9.21. The molecule has 24 heavy (non-hydrogen) atoms. The molecule has 136 valence electrons. The summed E-state index contributed by atoms with van der Waals surface area (Å²) in [6.07, 6.45) is 2.12. The minimum absolute atomic E-state index is 0. The molecule has 0 fully saturated rings. The molecule has 0 radical (unpaired) electrons. The molecule has 1 aliphatic rings. The Bertz CT molecular complexity index is 717. The average molecular weight is 376 g/mol. The number of carbonyl (C=O) groups is 1. The molecule has 6 nitrogen and oxygen atoms in total. The molecule has 0 aliphatic carbocycles. The zero-order chi connectivity index (χ0) is 17.4. The molecule has 1 unspecified atom stereocenters. The van der Waals surface area contributed by atoms with E-state index in [0.29, 0.717) is 25.1 Å². The molecular formula is C16H26ClN3O3S. The zero-order valence-electron chi connectivity index (χ0n) is 14.6. The normalized spacial score (nSPS) is 16.5. The van der Waals surface area contributed by atoms with Crippen LogP contribution in [0.5, 0.6) is 0 Å². The second-order valence-corrected chi connectivity index (χ2v) is 8.60. The van der Waals surface area contributed by atoms with Gasteiger partial charge in [0.25, 0.3) is 0 Å². The first kappa shape index (κ1) is 20.9. The van der Waals surface area contributed by atoms with Gasteiger partial charge >= 0.3 is 0 Å². The highest BCUT2D eigenvalue weighted by molar-refractivity contribution is 7.89. The first-order valence-electron chi connectivity index (χ1n) is 7.77. The van der Waals surface area contributed by atoms with E-state index in [4.69, 9.17) is 5.73 Å². The predicted molar refractivity (Wildman–Crippen MR) is 98.1 cm³/mol. The lowest BCUT2D eigenvalue weighted by molar-refractivity contribution is -0.123. The molecule has 8 heteroatoms. The maximum absolute atomic E-state index is 12.8. The number of carbonyl (C=O) groups excluding carboxylic acids is 1. The van der Waals surface area contributed by atoms with Crippen molar-refractivity contribution in [3.05, 3.63) is 23.8 Å². The number of hydrogen-bond donors (Lipinski definition) is 1. The highest BCUT2D eigenvalue weighted by atomic mass is 35.5. The van der Waals surface area contributed by atoms with Crippen molar-refractivity contribution in [3.8, 4) is 0 Å². The second-order valence-electron chi connectivity index (χ2n) is 6.45. The quantitative estimate of drug-likeness (QED) is 0.849. The fourth-order valence-electron chi connectivity index (χ4n) is 2.88. The van der Waals surface area contributed by atoms with Crippen LogP contribution in [-0.4, -0.2) is 44.8 Å². The molecule has 0 bridgehead atoms. The van der Waals surface area contributed by atoms with Crippen molar-refractivity contribution in [2.75, 3.05) is 25.5 Å². The summed E-state index contributed by atoms with van der Waals surface area (Å²) in [5.41, 5.74) is 6.86. The monoisotopic (exact) mass is 375 g/mol. The van der Waals surface area contributed by atoms with Gasteiger partial charge in [0.15, 0.2) is 0 Å². The summed E-state index contributed by atoms with van der Waals surface area (Å²) in [5, 5.41) is 0. The Hall–Kier alpha value is -1.15. The van der Waals surface area contributed by atoms with Crippen molar-refractivity contribution in [1.29, 1.82) is 0 Å². The molecule has 1 atom stereocenters. The number of nitrogens with two attached hydrogens (primary N) is 1. The van der Waals surface area contributed by atoms with Crippen LogP contribution < -0.4 is 10.6 Å². The second kappa shape index (κ2) is 7.39. The first-order chi connectivity index (χ1) is 10.6. The summed E-state index contributed by atoms with van der Waals surface area (Å²) in [6.45, 7) is 4.26. The molecule has 0 saturated heterocycles. The summed E-state index contributed by atoms with van der Waals surface area (Å²) >= 11 is 0. The maximum Gasteiger partial charge on any atom is 0.246 e. The fourth-order valence-corrected chi connectivity index (χ4v) is 3.80. The number of fused-ring (bicyclic) bond motifs is 1. The number of amides is 1. The summed E-state index contributed by atoms with van der Waals surface area (Å²) < 4.78 is 25.8. The summed E-state index contributed by atoms with van der Waals surface area (Å²) in [5.74, 6) is -0.155. The SMILES string of the molecule is CCCC(C)(N)C(=O)N1CCc2ccc(S(=O)(=O)N(C)C)cc21.Cl. The van der Waals surface area contributed by atoms with E-state index in [-0.39, 0.29) is 23.2 Å². The molecule has 1 amide bonds. The van der Waals surface area contributed by atoms with Crippen molar-refractivity contribution in [1.82, 2.24) is 4.31 Å². The number of hydrogen-bond acceptors (Lipinski definition) is 4. The minimum Gasteiger partial charge on any atom is -0.318 e. The van der Waals surface area contributed by atoms with E-state index >= 15 is 0 Å². The average Bonchev–Trinajstić information content (AvgIpc) is 2.88. The Morgan fingerprint density at radius 3 is 2.54 bits per heavy atom. The van der Waals surface area contributed by atoms with Crippen LogP contribution in [-0.2, 0) is 21.2 Å². The molecular weight excluding hydrogens is 350 g/mol. The van der Waals surface area contributed by atoms with Gasteiger partial charge in [0.1, 0.15) is 0 Å². The third-order valence-corrected chi connectivity index (χ3v) is 6.05. The Morgan fingerprint density at radius 1 is 1.38 bits per heavy atom. The largest absolute Gasteiger partial charge is 0.318 e. The Balaban J connectivity index is 0.00000288. The lowest BCUT2D eigenvalue weighted by Crippen LogP contribution is -2.53. The third kappa shape index (κ3) is 3.74. The van der Waals surface area contributed by atoms with Crippen LogP contribution in [0.15, 0.2) is 23.1 Å². The van der Waals surface area contributed by atoms with E-state index in [1.807, 2.05) is 6.92 Å². The van der Waals surface area contributed by atoms with Gasteiger partial charge in [-0.15, -0.1) is 12.4 Å². The molecule has 0 spiro atoms. The topological polar surface area (TPSA) is 83.7 Å². The van der Waals surface area contributed by atoms with Gasteiger partial charge in [0.05, 0.1) is 10.4 Å². The van der Waals surface area contributed by atoms with Gasteiger partial charge in [-0.2, -0.15) is 0 Å². The van der Waals surface area contributed by atoms with Crippen LogP contribution in [0.4, 0.5) is 5.69 Å². The number of benzene rings is 1. The van der Waals surface area contributed by atoms with Gasteiger partial charge in [0, 0.05) is 26.3 Å². The van der Waals surface area contributed by atoms with Crippen LogP contribution in [0.2, 0.25) is 0 Å². The molecule has 2 rings (SSSR count). The molecule has 1 aromatic rings. The van der Waals surface area contributed by atoms with E-state index in [0.717, 1.165) is 12.0 Å². The van der Waals surface area contributed by atoms with Gasteiger partial charge in [0.2, 0.25) is 15.9 Å². The maximum atomic E-state index is 12.8. The number of anilines is 1. The van der Waals surface area contributed by atoms with Crippen LogP contribution in [0.25, 0.3) is 0 Å². The van der Waals surface area contributed by atoms with Gasteiger partial charge in [-0.1, -0.05) is 19.4 Å². The highest BCUT2D eigenvalue weighted by Gasteiger charge is 2.36. The standard InChI is InChI=1S/C16H25N3O3S.ClH/c1-5-9-16(2,17)15(20)19-10-8-12-6-7-13(11-14(12)19)23(21,22)18(3)4;/h6-7,11H,5,8-10,17H2,1-4H3;1H. The van der Waals surface area contributed by atoms with Crippen molar-refractivity contribution >= 4 is 34.0 Å². The van der Waals surface area contributed by atoms with Gasteiger partial charge in [-0.3, -0.25) is 4.79 Å². The molecule has 0 saturated carbocycles. The van der Waals surface area contributed by atoms with Crippen molar-refractivity contribution in [2.24, 2.45) is 5.73 Å². The number of sulfonamides is 1. The minimum atomic E-state index is -3.53. The molecule has 0 aromatic heterocycles. The highest BCUT2D eigenvalue weighted by Crippen LogP contribution is 2.33. The Morgan fingerprint density at radius 2 is 2.00 bits per heavy atom. The number of nitrogens with zero attached hydrogens (tertiary/aromatic N) is 2. The van der Waals surface area contributed by atoms with Crippen molar-refractivity contribution in [2.45, 2.75) is 43.5 Å². The molecule has 1 heterocycles.